The van der Waals surface area contributed by atoms with E-state index in [-0.39, 0.29) is 36.7 Å². The van der Waals surface area contributed by atoms with Crippen molar-refractivity contribution in [3.05, 3.63) is 58.9 Å². The molecule has 0 radical (unpaired) electrons. The fourth-order valence-electron chi connectivity index (χ4n) is 3.25. The number of anilines is 1. The maximum atomic E-state index is 14.0. The number of hydrogen-bond acceptors (Lipinski definition) is 6. The summed E-state index contributed by atoms with van der Waals surface area (Å²) < 4.78 is 14.0. The van der Waals surface area contributed by atoms with Crippen LogP contribution in [0.2, 0.25) is 0 Å². The number of carbonyl (C=O) groups excluding carboxylic acids is 3. The normalized spacial score (nSPS) is 11.7. The Morgan fingerprint density at radius 1 is 1.27 bits per heavy atom. The number of carbonyl (C=O) groups is 3. The third kappa shape index (κ3) is 5.87. The number of rotatable bonds is 11. The molecule has 0 aliphatic rings. The number of hydrogen-bond donors (Lipinski definition) is 3. The number of amides is 1. The lowest BCUT2D eigenvalue weighted by molar-refractivity contribution is -0.126. The molecular weight excluding hydrogens is 389 g/mol. The zero-order chi connectivity index (χ0) is 22.1. The van der Waals surface area contributed by atoms with Gasteiger partial charge in [0, 0.05) is 43.4 Å². The van der Waals surface area contributed by atoms with Crippen LogP contribution in [0.15, 0.2) is 36.4 Å². The van der Waals surface area contributed by atoms with Gasteiger partial charge in [-0.3, -0.25) is 14.5 Å². The van der Waals surface area contributed by atoms with Gasteiger partial charge < -0.3 is 20.5 Å². The second-order valence-electron chi connectivity index (χ2n) is 6.91. The van der Waals surface area contributed by atoms with E-state index in [9.17, 15) is 23.9 Å². The van der Waals surface area contributed by atoms with Crippen molar-refractivity contribution < 1.29 is 23.9 Å². The van der Waals surface area contributed by atoms with Gasteiger partial charge >= 0.3 is 0 Å². The fourth-order valence-corrected chi connectivity index (χ4v) is 3.25. The lowest BCUT2D eigenvalue weighted by atomic mass is 10.0. The van der Waals surface area contributed by atoms with Gasteiger partial charge in [-0.15, -0.1) is 0 Å². The Balaban J connectivity index is 2.27. The minimum absolute atomic E-state index is 0.0432. The smallest absolute Gasteiger partial charge is 0.237 e. The van der Waals surface area contributed by atoms with E-state index in [1.54, 1.807) is 30.1 Å². The molecule has 0 fully saturated rings. The van der Waals surface area contributed by atoms with E-state index >= 15 is 0 Å². The van der Waals surface area contributed by atoms with Crippen LogP contribution in [0.4, 0.5) is 10.1 Å². The van der Waals surface area contributed by atoms with Crippen molar-refractivity contribution in [2.45, 2.75) is 32.0 Å². The van der Waals surface area contributed by atoms with Gasteiger partial charge in [-0.05, 0) is 43.3 Å². The molecule has 0 spiro atoms. The van der Waals surface area contributed by atoms with Crippen LogP contribution in [0.5, 0.6) is 5.75 Å². The lowest BCUT2D eigenvalue weighted by Crippen LogP contribution is -2.43. The van der Waals surface area contributed by atoms with Crippen molar-refractivity contribution in [1.29, 1.82) is 0 Å². The van der Waals surface area contributed by atoms with Gasteiger partial charge in [0.15, 0.2) is 0 Å². The van der Waals surface area contributed by atoms with E-state index in [4.69, 9.17) is 0 Å². The van der Waals surface area contributed by atoms with Crippen LogP contribution < -0.4 is 10.6 Å². The summed E-state index contributed by atoms with van der Waals surface area (Å²) in [5.41, 5.74) is 1.98. The third-order valence-electron chi connectivity index (χ3n) is 4.88. The molecule has 0 saturated carbocycles. The predicted octanol–water partition coefficient (Wildman–Crippen LogP) is 2.48. The van der Waals surface area contributed by atoms with E-state index in [1.165, 1.54) is 25.2 Å². The number of phenolic OH excluding ortho intramolecular Hbond substituents is 1. The van der Waals surface area contributed by atoms with Crippen LogP contribution in [0.25, 0.3) is 0 Å². The van der Waals surface area contributed by atoms with E-state index in [0.29, 0.717) is 23.2 Å². The Morgan fingerprint density at radius 2 is 2.03 bits per heavy atom. The van der Waals surface area contributed by atoms with Crippen LogP contribution in [0.3, 0.4) is 0 Å². The summed E-state index contributed by atoms with van der Waals surface area (Å²) in [7, 11) is 3.27. The number of nitrogens with one attached hydrogen (secondary N) is 2. The highest BCUT2D eigenvalue weighted by molar-refractivity contribution is 5.82. The van der Waals surface area contributed by atoms with Gasteiger partial charge in [-0.2, -0.15) is 0 Å². The molecule has 0 aliphatic carbocycles. The quantitative estimate of drug-likeness (QED) is 0.488. The fraction of sp³-hybridized carbons (Fsp3) is 0.318. The molecule has 8 heteroatoms. The molecule has 1 unspecified atom stereocenters. The summed E-state index contributed by atoms with van der Waals surface area (Å²) >= 11 is 0. The molecule has 0 bridgehead atoms. The average Bonchev–Trinajstić information content (AvgIpc) is 2.75. The monoisotopic (exact) mass is 415 g/mol. The zero-order valence-electron chi connectivity index (χ0n) is 17.0. The number of phenols is 1. The molecular formula is C22H26FN3O4. The topological polar surface area (TPSA) is 98.7 Å². The molecule has 0 aliphatic heterocycles. The van der Waals surface area contributed by atoms with E-state index in [0.717, 1.165) is 12.6 Å². The van der Waals surface area contributed by atoms with Crippen molar-refractivity contribution in [1.82, 2.24) is 10.2 Å². The van der Waals surface area contributed by atoms with Crippen molar-refractivity contribution >= 4 is 24.2 Å². The first kappa shape index (κ1) is 23.0. The second kappa shape index (κ2) is 11.1. The number of likely N-dealkylation sites (N-methyl/N-ethyl adjacent to an activating group) is 2. The summed E-state index contributed by atoms with van der Waals surface area (Å²) in [6.45, 7) is 0.361. The van der Waals surface area contributed by atoms with Gasteiger partial charge in [-0.1, -0.05) is 12.1 Å². The van der Waals surface area contributed by atoms with Crippen molar-refractivity contribution in [2.24, 2.45) is 0 Å². The second-order valence-corrected chi connectivity index (χ2v) is 6.91. The standard InChI is InChI=1S/C22H26FN3O4/c1-24-22(30)21(7-4-10-27)26(2)13-18-15(14-28)5-3-6-20(18)25-12-16-11-17(29)8-9-19(16)23/h3,5-6,8-11,14,21,25,29H,4,7,12-13H2,1-2H3,(H,24,30). The van der Waals surface area contributed by atoms with Crippen LogP contribution in [-0.4, -0.2) is 48.6 Å². The predicted molar refractivity (Wildman–Crippen MR) is 112 cm³/mol. The minimum atomic E-state index is -0.545. The number of aromatic hydroxyl groups is 1. The number of benzene rings is 2. The lowest BCUT2D eigenvalue weighted by Gasteiger charge is -2.28. The number of nitrogens with zero attached hydrogens (tertiary/aromatic N) is 1. The first-order valence-corrected chi connectivity index (χ1v) is 9.55. The molecule has 160 valence electrons. The SMILES string of the molecule is CNC(=O)C(CCC=O)N(C)Cc1c(C=O)cccc1NCc1cc(O)ccc1F. The summed E-state index contributed by atoms with van der Waals surface area (Å²) in [6.07, 6.45) is 2.07. The van der Waals surface area contributed by atoms with Crippen molar-refractivity contribution in [3.63, 3.8) is 0 Å². The largest absolute Gasteiger partial charge is 0.508 e. The average molecular weight is 415 g/mol. The van der Waals surface area contributed by atoms with Crippen LogP contribution in [-0.2, 0) is 22.7 Å². The number of aldehydes is 2. The van der Waals surface area contributed by atoms with Gasteiger partial charge in [0.25, 0.3) is 0 Å². The van der Waals surface area contributed by atoms with Crippen molar-refractivity contribution in [2.75, 3.05) is 19.4 Å². The van der Waals surface area contributed by atoms with Gasteiger partial charge in [0.05, 0.1) is 6.04 Å². The summed E-state index contributed by atoms with van der Waals surface area (Å²) in [4.78, 5) is 36.4. The van der Waals surface area contributed by atoms with Crippen LogP contribution >= 0.6 is 0 Å². The van der Waals surface area contributed by atoms with Gasteiger partial charge in [0.2, 0.25) is 5.91 Å². The maximum Gasteiger partial charge on any atom is 0.237 e. The zero-order valence-corrected chi connectivity index (χ0v) is 17.0. The molecule has 1 amide bonds. The summed E-state index contributed by atoms with van der Waals surface area (Å²) in [6, 6.07) is 8.37. The Labute approximate surface area is 174 Å². The summed E-state index contributed by atoms with van der Waals surface area (Å²) in [5.74, 6) is -0.725. The highest BCUT2D eigenvalue weighted by Crippen LogP contribution is 2.24. The molecule has 7 nitrogen and oxygen atoms in total. The Bertz CT molecular complexity index is 904. The van der Waals surface area contributed by atoms with E-state index in [1.807, 2.05) is 0 Å². The van der Waals surface area contributed by atoms with Crippen LogP contribution in [0, 0.1) is 5.82 Å². The molecule has 0 aromatic heterocycles. The molecule has 2 rings (SSSR count). The molecule has 1 atom stereocenters. The van der Waals surface area contributed by atoms with E-state index in [2.05, 4.69) is 10.6 Å². The van der Waals surface area contributed by atoms with Gasteiger partial charge in [0.1, 0.15) is 24.1 Å². The first-order chi connectivity index (χ1) is 14.4. The van der Waals surface area contributed by atoms with Crippen LogP contribution in [0.1, 0.15) is 34.3 Å². The van der Waals surface area contributed by atoms with E-state index < -0.39 is 11.9 Å². The summed E-state index contributed by atoms with van der Waals surface area (Å²) in [5, 5.41) is 15.3. The Morgan fingerprint density at radius 3 is 2.70 bits per heavy atom. The minimum Gasteiger partial charge on any atom is -0.508 e. The highest BCUT2D eigenvalue weighted by atomic mass is 19.1. The molecule has 0 saturated heterocycles. The van der Waals surface area contributed by atoms with Crippen molar-refractivity contribution in [3.8, 4) is 5.75 Å². The molecule has 2 aromatic rings. The number of halogens is 1. The Hall–Kier alpha value is -3.26. The Kier molecular flexibility index (Phi) is 8.49. The molecule has 3 N–H and O–H groups in total. The third-order valence-corrected chi connectivity index (χ3v) is 4.88. The molecule has 0 heterocycles. The first-order valence-electron chi connectivity index (χ1n) is 9.55. The highest BCUT2D eigenvalue weighted by Gasteiger charge is 2.23. The molecule has 30 heavy (non-hydrogen) atoms. The van der Waals surface area contributed by atoms with Gasteiger partial charge in [-0.25, -0.2) is 4.39 Å². The molecule has 2 aromatic carbocycles. The maximum absolute atomic E-state index is 14.0.